The predicted octanol–water partition coefficient (Wildman–Crippen LogP) is 28.6. The second-order valence-corrected chi connectivity index (χ2v) is 32.5. The molecule has 0 saturated carbocycles. The molecule has 590 valence electrons. The maximum atomic E-state index is 5.30. The van der Waals surface area contributed by atoms with Crippen molar-refractivity contribution in [2.24, 2.45) is 0 Å². The lowest BCUT2D eigenvalue weighted by molar-refractivity contribution is 0.571. The van der Waals surface area contributed by atoms with Gasteiger partial charge in [0.15, 0.2) is 23.3 Å². The number of pyridine rings is 6. The zero-order valence-electron chi connectivity index (χ0n) is 69.1. The number of benzene rings is 14. The van der Waals surface area contributed by atoms with Crippen LogP contribution < -0.4 is 0 Å². The molecular weight excluding hydrogens is 1520 g/mol. The van der Waals surface area contributed by atoms with E-state index in [1.54, 1.807) is 0 Å². The SMILES string of the molecule is CC(C)(C)c1ccc2ccc3c(-c4cccc(-c5ccc(-c6nc(-c7ccccc7)nc(-c7cccc(-c8cccc9ncccc89)c7)n6)cc5)c4)cc(-c4ccccc4)nc3c2n1.Cc1ccc2ccc3c(-c4cccc(-c5ccc(-c6nc(-c7ccccc7)cc(-c7cccc(-c8cccc9ncccc89)c7)n6)cc5)c4)cc(-c4ccccc4)nc3c2n1. The van der Waals surface area contributed by atoms with Crippen LogP contribution in [0.4, 0.5) is 0 Å². The molecule has 0 amide bonds. The standard InChI is InChI=1S/C58H42N6.C56H37N5/c1-58(2,3)52-32-30-39-29-31-48-49(36-51(38-14-6-4-7-15-38)60-54(48)53(39)61-52)44-20-10-18-42(34-44)37-25-27-41(28-26-37)56-62-55(40-16-8-5-9-17-40)63-57(64-56)45-21-11-19-43(35-45)46-22-12-24-50-47(46)23-13-33-59-50;1-36-23-24-40-29-30-48-49(34-51(38-12-4-2-5-13-38)59-55(48)54(40)58-36)44-18-8-16-42(32-44)37-25-27-41(28-26-37)56-60-52(39-14-6-3-7-15-39)35-53(61-56)45-19-9-17-43(33-45)46-20-10-22-50-47(46)21-11-31-57-50/h4-36H,1-3H3;2-35H,1H3. The van der Waals surface area contributed by atoms with Gasteiger partial charge < -0.3 is 0 Å². The minimum absolute atomic E-state index is 0.0983. The van der Waals surface area contributed by atoms with Gasteiger partial charge in [-0.3, -0.25) is 15.0 Å². The number of rotatable bonds is 14. The van der Waals surface area contributed by atoms with Crippen LogP contribution in [0, 0.1) is 6.92 Å². The number of hydrogen-bond donors (Lipinski definition) is 0. The van der Waals surface area contributed by atoms with E-state index in [1.165, 1.54) is 0 Å². The first kappa shape index (κ1) is 76.1. The zero-order valence-corrected chi connectivity index (χ0v) is 69.1. The Morgan fingerprint density at radius 1 is 0.192 bits per heavy atom. The highest BCUT2D eigenvalue weighted by Gasteiger charge is 2.23. The van der Waals surface area contributed by atoms with Gasteiger partial charge in [-0.25, -0.2) is 39.9 Å². The van der Waals surface area contributed by atoms with E-state index in [9.17, 15) is 0 Å². The summed E-state index contributed by atoms with van der Waals surface area (Å²) in [7, 11) is 0. The Kier molecular flexibility index (Phi) is 19.9. The lowest BCUT2D eigenvalue weighted by Gasteiger charge is -2.19. The van der Waals surface area contributed by atoms with Crippen molar-refractivity contribution < 1.29 is 0 Å². The summed E-state index contributed by atoms with van der Waals surface area (Å²) in [5.41, 5.74) is 32.2. The molecule has 0 saturated heterocycles. The van der Waals surface area contributed by atoms with E-state index < -0.39 is 0 Å². The predicted molar refractivity (Wildman–Crippen MR) is 513 cm³/mol. The summed E-state index contributed by atoms with van der Waals surface area (Å²) >= 11 is 0. The molecule has 11 heteroatoms. The zero-order chi connectivity index (χ0) is 83.9. The number of aromatic nitrogens is 11. The number of aryl methyl sites for hydroxylation is 1. The summed E-state index contributed by atoms with van der Waals surface area (Å²) in [6.45, 7) is 8.64. The molecule has 0 N–H and O–H groups in total. The summed E-state index contributed by atoms with van der Waals surface area (Å²) in [5.74, 6) is 2.51. The molecular formula is C114H79N11. The topological polar surface area (TPSA) is 142 Å². The molecule has 8 aromatic heterocycles. The molecule has 0 unspecified atom stereocenters. The monoisotopic (exact) mass is 1600 g/mol. The molecule has 11 nitrogen and oxygen atoms in total. The van der Waals surface area contributed by atoms with Crippen molar-refractivity contribution >= 4 is 65.4 Å². The molecule has 22 aromatic rings. The van der Waals surface area contributed by atoms with Crippen LogP contribution in [-0.4, -0.2) is 54.8 Å². The Morgan fingerprint density at radius 2 is 0.536 bits per heavy atom. The van der Waals surface area contributed by atoms with Gasteiger partial charge in [-0.05, 0) is 153 Å². The van der Waals surface area contributed by atoms with Gasteiger partial charge >= 0.3 is 0 Å². The van der Waals surface area contributed by atoms with Crippen LogP contribution in [0.15, 0.2) is 407 Å². The van der Waals surface area contributed by atoms with Gasteiger partial charge in [0.05, 0.1) is 55.9 Å². The summed E-state index contributed by atoms with van der Waals surface area (Å²) < 4.78 is 0. The van der Waals surface area contributed by atoms with E-state index >= 15 is 0 Å². The van der Waals surface area contributed by atoms with E-state index in [1.807, 2.05) is 98.2 Å². The van der Waals surface area contributed by atoms with Crippen LogP contribution in [-0.2, 0) is 5.41 Å². The molecule has 0 bridgehead atoms. The van der Waals surface area contributed by atoms with Gasteiger partial charge in [-0.15, -0.1) is 0 Å². The molecule has 125 heavy (non-hydrogen) atoms. The number of fused-ring (bicyclic) bond motifs is 8. The molecule has 0 aliphatic rings. The quantitative estimate of drug-likeness (QED) is 0.0960. The molecule has 0 radical (unpaired) electrons. The highest BCUT2D eigenvalue weighted by molar-refractivity contribution is 6.11. The van der Waals surface area contributed by atoms with Crippen LogP contribution >= 0.6 is 0 Å². The minimum Gasteiger partial charge on any atom is -0.256 e. The molecule has 22 rings (SSSR count). The third-order valence-corrected chi connectivity index (χ3v) is 23.3. The van der Waals surface area contributed by atoms with E-state index in [0.29, 0.717) is 23.3 Å². The highest BCUT2D eigenvalue weighted by atomic mass is 15.0. The van der Waals surface area contributed by atoms with Crippen molar-refractivity contribution in [3.05, 3.63) is 418 Å². The highest BCUT2D eigenvalue weighted by Crippen LogP contribution is 2.43. The fraction of sp³-hybridized carbons (Fsp3) is 0.0439. The van der Waals surface area contributed by atoms with Crippen molar-refractivity contribution in [1.29, 1.82) is 0 Å². The van der Waals surface area contributed by atoms with Crippen molar-refractivity contribution in [1.82, 2.24) is 54.8 Å². The van der Waals surface area contributed by atoms with Gasteiger partial charge in [0.2, 0.25) is 0 Å². The van der Waals surface area contributed by atoms with E-state index in [-0.39, 0.29) is 5.41 Å². The van der Waals surface area contributed by atoms with Crippen LogP contribution in [0.2, 0.25) is 0 Å². The van der Waals surface area contributed by atoms with E-state index in [2.05, 4.69) is 346 Å². The minimum atomic E-state index is -0.0983. The molecule has 0 spiro atoms. The Bertz CT molecular complexity index is 7860. The van der Waals surface area contributed by atoms with Crippen molar-refractivity contribution in [3.63, 3.8) is 0 Å². The van der Waals surface area contributed by atoms with Crippen LogP contribution in [0.3, 0.4) is 0 Å². The maximum absolute atomic E-state index is 5.30. The Balaban J connectivity index is 0.000000153. The molecule has 0 atom stereocenters. The van der Waals surface area contributed by atoms with E-state index in [0.717, 1.165) is 211 Å². The van der Waals surface area contributed by atoms with Gasteiger partial charge in [-0.2, -0.15) is 0 Å². The first-order valence-corrected chi connectivity index (χ1v) is 42.1. The third kappa shape index (κ3) is 15.4. The lowest BCUT2D eigenvalue weighted by Crippen LogP contribution is -2.13. The second-order valence-electron chi connectivity index (χ2n) is 32.5. The maximum Gasteiger partial charge on any atom is 0.164 e. The molecule has 0 aliphatic heterocycles. The fourth-order valence-electron chi connectivity index (χ4n) is 16.8. The normalized spacial score (nSPS) is 11.5. The van der Waals surface area contributed by atoms with Crippen molar-refractivity contribution in [2.75, 3.05) is 0 Å². The van der Waals surface area contributed by atoms with Gasteiger partial charge in [0.1, 0.15) is 0 Å². The van der Waals surface area contributed by atoms with Crippen molar-refractivity contribution in [3.8, 4) is 157 Å². The summed E-state index contributed by atoms with van der Waals surface area (Å²) in [4.78, 5) is 55.4. The first-order chi connectivity index (χ1) is 61.4. The third-order valence-electron chi connectivity index (χ3n) is 23.3. The van der Waals surface area contributed by atoms with Gasteiger partial charge in [-0.1, -0.05) is 336 Å². The summed E-state index contributed by atoms with van der Waals surface area (Å²) in [5, 5.41) is 6.51. The van der Waals surface area contributed by atoms with Crippen LogP contribution in [0.25, 0.3) is 223 Å². The smallest absolute Gasteiger partial charge is 0.164 e. The van der Waals surface area contributed by atoms with Crippen molar-refractivity contribution in [2.45, 2.75) is 33.1 Å². The van der Waals surface area contributed by atoms with Gasteiger partial charge in [0.25, 0.3) is 0 Å². The second kappa shape index (κ2) is 32.6. The molecule has 14 aromatic carbocycles. The number of hydrogen-bond acceptors (Lipinski definition) is 11. The Hall–Kier alpha value is -16.4. The summed E-state index contributed by atoms with van der Waals surface area (Å²) in [6, 6.07) is 137. The van der Waals surface area contributed by atoms with Crippen LogP contribution in [0.1, 0.15) is 32.2 Å². The Labute approximate surface area is 724 Å². The molecule has 8 heterocycles. The summed E-state index contributed by atoms with van der Waals surface area (Å²) in [6.07, 6.45) is 3.67. The fourth-order valence-corrected chi connectivity index (χ4v) is 16.8. The number of nitrogens with zero attached hydrogens (tertiary/aromatic N) is 11. The molecule has 0 aliphatic carbocycles. The largest absolute Gasteiger partial charge is 0.256 e. The first-order valence-electron chi connectivity index (χ1n) is 42.1. The molecule has 0 fully saturated rings. The van der Waals surface area contributed by atoms with E-state index in [4.69, 9.17) is 44.9 Å². The van der Waals surface area contributed by atoms with Crippen LogP contribution in [0.5, 0.6) is 0 Å². The average molecular weight is 1600 g/mol. The lowest BCUT2D eigenvalue weighted by atomic mass is 9.90. The average Bonchev–Trinajstić information content (AvgIpc) is 0.749. The Morgan fingerprint density at radius 3 is 1.02 bits per heavy atom. The van der Waals surface area contributed by atoms with Gasteiger partial charge in [0, 0.05) is 106 Å².